The van der Waals surface area contributed by atoms with Crippen molar-refractivity contribution < 1.29 is 4.52 Å². The molecule has 17 heavy (non-hydrogen) atoms. The van der Waals surface area contributed by atoms with Crippen LogP contribution in [0.25, 0.3) is 0 Å². The van der Waals surface area contributed by atoms with E-state index in [9.17, 15) is 0 Å². The Hall–Kier alpha value is -0.285. The van der Waals surface area contributed by atoms with Crippen LogP contribution in [0.1, 0.15) is 25.0 Å². The van der Waals surface area contributed by atoms with Crippen LogP contribution in [0.15, 0.2) is 10.7 Å². The lowest BCUT2D eigenvalue weighted by atomic mass is 9.85. The summed E-state index contributed by atoms with van der Waals surface area (Å²) >= 11 is 1.75. The van der Waals surface area contributed by atoms with E-state index < -0.39 is 0 Å². The van der Waals surface area contributed by atoms with Gasteiger partial charge in [0, 0.05) is 6.54 Å². The first kappa shape index (κ1) is 19.1. The minimum atomic E-state index is 0. The summed E-state index contributed by atoms with van der Waals surface area (Å²) in [7, 11) is 0. The molecule has 1 heterocycles. The van der Waals surface area contributed by atoms with Gasteiger partial charge in [-0.3, -0.25) is 0 Å². The molecule has 6 heteroatoms. The van der Waals surface area contributed by atoms with E-state index in [2.05, 4.69) is 10.5 Å². The van der Waals surface area contributed by atoms with Crippen molar-refractivity contribution in [1.29, 1.82) is 0 Å². The number of nitrogens with one attached hydrogen (secondary N) is 1. The summed E-state index contributed by atoms with van der Waals surface area (Å²) in [6.07, 6.45) is 9.97. The molecule has 0 aromatic carbocycles. The lowest BCUT2D eigenvalue weighted by Gasteiger charge is -2.25. The van der Waals surface area contributed by atoms with Gasteiger partial charge in [0.1, 0.15) is 0 Å². The second kappa shape index (κ2) is 10.8. The van der Waals surface area contributed by atoms with Crippen molar-refractivity contribution >= 4 is 38.3 Å². The predicted molar refractivity (Wildman–Crippen MR) is 83.7 cm³/mol. The molecule has 1 N–H and O–H groups in total. The molecule has 0 unspecified atom stereocenters. The molecule has 100 valence electrons. The summed E-state index contributed by atoms with van der Waals surface area (Å²) in [4.78, 5) is 0. The first-order chi connectivity index (χ1) is 7.27. The minimum absolute atomic E-state index is 0. The second-order valence-electron chi connectivity index (χ2n) is 3.88. The van der Waals surface area contributed by atoms with Gasteiger partial charge >= 0.3 is 0 Å². The van der Waals surface area contributed by atoms with Crippen molar-refractivity contribution in [2.24, 2.45) is 5.92 Å². The normalized spacial score (nSPS) is 13.4. The first-order valence-corrected chi connectivity index (χ1v) is 6.96. The van der Waals surface area contributed by atoms with E-state index in [1.807, 2.05) is 19.4 Å². The van der Waals surface area contributed by atoms with Gasteiger partial charge in [-0.2, -0.15) is 11.8 Å². The predicted octanol–water partition coefficient (Wildman–Crippen LogP) is 2.41. The summed E-state index contributed by atoms with van der Waals surface area (Å²) in [5.41, 5.74) is 1.04. The zero-order valence-corrected chi connectivity index (χ0v) is 11.8. The smallest absolute Gasteiger partial charge is 0.156 e. The van der Waals surface area contributed by atoms with Crippen molar-refractivity contribution in [3.8, 4) is 0 Å². The lowest BCUT2D eigenvalue weighted by Crippen LogP contribution is -2.20. The fraction of sp³-hybridized carbons (Fsp3) is 0.727. The van der Waals surface area contributed by atoms with Crippen molar-refractivity contribution in [2.45, 2.75) is 26.2 Å². The molecular formula is C11H24BClN2OS. The highest BCUT2D eigenvalue weighted by atomic mass is 35.5. The van der Waals surface area contributed by atoms with E-state index in [1.165, 1.54) is 19.3 Å². The van der Waals surface area contributed by atoms with E-state index in [-0.39, 0.29) is 20.8 Å². The van der Waals surface area contributed by atoms with Gasteiger partial charge in [0.15, 0.2) is 5.76 Å². The van der Waals surface area contributed by atoms with Crippen LogP contribution >= 0.6 is 24.2 Å². The van der Waals surface area contributed by atoms with E-state index >= 15 is 0 Å². The molecule has 0 spiro atoms. The molecule has 0 bridgehead atoms. The summed E-state index contributed by atoms with van der Waals surface area (Å²) in [6, 6.07) is 0. The molecule has 2 rings (SSSR count). The third-order valence-electron chi connectivity index (χ3n) is 2.56. The van der Waals surface area contributed by atoms with Crippen LogP contribution in [-0.4, -0.2) is 32.6 Å². The Morgan fingerprint density at radius 3 is 2.41 bits per heavy atom. The van der Waals surface area contributed by atoms with Crippen molar-refractivity contribution in [1.82, 2.24) is 5.16 Å². The third kappa shape index (κ3) is 6.89. The Morgan fingerprint density at radius 2 is 2.06 bits per heavy atom. The number of halogens is 1. The fourth-order valence-corrected chi connectivity index (χ4v) is 1.42. The maximum absolute atomic E-state index is 4.94. The minimum Gasteiger partial charge on any atom is -0.381 e. The quantitative estimate of drug-likeness (QED) is 0.862. The molecule has 0 saturated heterocycles. The second-order valence-corrected chi connectivity index (χ2v) is 4.70. The van der Waals surface area contributed by atoms with Crippen molar-refractivity contribution in [2.75, 3.05) is 24.4 Å². The Morgan fingerprint density at radius 1 is 1.47 bits per heavy atom. The van der Waals surface area contributed by atoms with Gasteiger partial charge in [0.2, 0.25) is 0 Å². The molecule has 0 amide bonds. The number of thioether (sulfide) groups is 1. The van der Waals surface area contributed by atoms with E-state index in [0.717, 1.165) is 23.9 Å². The van der Waals surface area contributed by atoms with Crippen LogP contribution in [-0.2, 0) is 0 Å². The number of hydrogen-bond donors (Lipinski definition) is 1. The number of aryl methyl sites for hydroxylation is 1. The van der Waals surface area contributed by atoms with E-state index in [4.69, 9.17) is 4.52 Å². The van der Waals surface area contributed by atoms with Crippen LogP contribution in [0.4, 0.5) is 5.69 Å². The van der Waals surface area contributed by atoms with Crippen molar-refractivity contribution in [3.05, 3.63) is 12.0 Å². The average Bonchev–Trinajstić information content (AvgIpc) is 2.51. The van der Waals surface area contributed by atoms with Crippen LogP contribution < -0.4 is 5.32 Å². The maximum atomic E-state index is 4.94. The molecule has 0 aliphatic heterocycles. The molecule has 1 aromatic heterocycles. The van der Waals surface area contributed by atoms with Crippen LogP contribution in [0.5, 0.6) is 0 Å². The number of rotatable bonds is 3. The molecule has 1 aliphatic carbocycles. The highest BCUT2D eigenvalue weighted by Crippen LogP contribution is 2.26. The van der Waals surface area contributed by atoms with E-state index in [1.54, 1.807) is 18.0 Å². The first-order valence-electron chi connectivity index (χ1n) is 5.33. The van der Waals surface area contributed by atoms with Gasteiger partial charge in [0.25, 0.3) is 0 Å². The van der Waals surface area contributed by atoms with Gasteiger partial charge in [0.05, 0.1) is 20.3 Å². The number of nitrogens with zero attached hydrogens (tertiary/aromatic N) is 1. The summed E-state index contributed by atoms with van der Waals surface area (Å²) in [6.45, 7) is 3.00. The summed E-state index contributed by atoms with van der Waals surface area (Å²) < 4.78 is 4.94. The lowest BCUT2D eigenvalue weighted by molar-refractivity contribution is 0.333. The average molecular weight is 279 g/mol. The summed E-state index contributed by atoms with van der Waals surface area (Å²) in [5.74, 6) is 1.76. The number of anilines is 1. The van der Waals surface area contributed by atoms with Gasteiger partial charge in [-0.05, 0) is 38.2 Å². The van der Waals surface area contributed by atoms with E-state index in [0.29, 0.717) is 0 Å². The van der Waals surface area contributed by atoms with Crippen LogP contribution in [0, 0.1) is 12.8 Å². The molecule has 0 atom stereocenters. The molecule has 0 radical (unpaired) electrons. The molecular weight excluding hydrogens is 254 g/mol. The number of hydrogen-bond acceptors (Lipinski definition) is 4. The van der Waals surface area contributed by atoms with Gasteiger partial charge in [-0.1, -0.05) is 11.6 Å². The van der Waals surface area contributed by atoms with Gasteiger partial charge < -0.3 is 9.84 Å². The largest absolute Gasteiger partial charge is 0.381 e. The topological polar surface area (TPSA) is 38.1 Å². The Balaban J connectivity index is 0. The Labute approximate surface area is 116 Å². The standard InChI is InChI=1S/C9H14N2O.C2H6S.BH3.ClH/c1-7-9(6-11-12-7)10-5-8-3-2-4-8;1-3-2;;/h6,8,10H,2-5H2,1H3;1-2H3;1H3;1H. The van der Waals surface area contributed by atoms with Gasteiger partial charge in [-0.15, -0.1) is 12.4 Å². The Bertz CT molecular complexity index is 282. The molecule has 1 aromatic rings. The van der Waals surface area contributed by atoms with Gasteiger partial charge in [-0.25, -0.2) is 0 Å². The highest BCUT2D eigenvalue weighted by molar-refractivity contribution is 7.97. The number of aromatic nitrogens is 1. The SMILES string of the molecule is B.CSC.Cc1oncc1NCC1CCC1.Cl. The van der Waals surface area contributed by atoms with Crippen LogP contribution in [0.2, 0.25) is 0 Å². The zero-order valence-electron chi connectivity index (χ0n) is 10.2. The fourth-order valence-electron chi connectivity index (χ4n) is 1.42. The molecule has 1 aliphatic rings. The monoisotopic (exact) mass is 278 g/mol. The highest BCUT2D eigenvalue weighted by Gasteiger charge is 2.17. The summed E-state index contributed by atoms with van der Waals surface area (Å²) in [5, 5.41) is 7.04. The van der Waals surface area contributed by atoms with Crippen LogP contribution in [0.3, 0.4) is 0 Å². The van der Waals surface area contributed by atoms with Crippen molar-refractivity contribution in [3.63, 3.8) is 0 Å². The molecule has 1 saturated carbocycles. The maximum Gasteiger partial charge on any atom is 0.156 e. The Kier molecular flexibility index (Phi) is 12.2. The zero-order chi connectivity index (χ0) is 11.1. The molecule has 1 fully saturated rings. The third-order valence-corrected chi connectivity index (χ3v) is 2.56. The molecule has 3 nitrogen and oxygen atoms in total.